The van der Waals surface area contributed by atoms with Crippen molar-refractivity contribution in [2.24, 2.45) is 0 Å². The topological polar surface area (TPSA) is 150 Å². The Morgan fingerprint density at radius 1 is 1.13 bits per heavy atom. The molecular formula is C21H28N4O6. The van der Waals surface area contributed by atoms with Crippen LogP contribution in [0.4, 0.5) is 5.69 Å². The Bertz CT molecular complexity index is 831. The molecule has 5 N–H and O–H groups in total. The fraction of sp³-hybridized carbons (Fsp3) is 0.524. The fourth-order valence-corrected chi connectivity index (χ4v) is 3.55. The summed E-state index contributed by atoms with van der Waals surface area (Å²) in [4.78, 5) is 16.9. The van der Waals surface area contributed by atoms with Crippen LogP contribution in [0.5, 0.6) is 0 Å². The van der Waals surface area contributed by atoms with Crippen molar-refractivity contribution in [2.75, 3.05) is 44.7 Å². The van der Waals surface area contributed by atoms with Gasteiger partial charge in [0.05, 0.1) is 0 Å². The molecule has 1 amide bonds. The highest BCUT2D eigenvalue weighted by atomic mass is 16.6. The van der Waals surface area contributed by atoms with Crippen LogP contribution in [-0.2, 0) is 9.53 Å². The number of likely N-dealkylation sites (N-methyl/N-ethyl adjacent to an activating group) is 1. The highest BCUT2D eigenvalue weighted by Crippen LogP contribution is 2.20. The lowest BCUT2D eigenvalue weighted by Gasteiger charge is -2.38. The third kappa shape index (κ3) is 5.59. The van der Waals surface area contributed by atoms with E-state index >= 15 is 0 Å². The second-order valence-electron chi connectivity index (χ2n) is 7.80. The van der Waals surface area contributed by atoms with Crippen molar-refractivity contribution < 1.29 is 30.0 Å². The van der Waals surface area contributed by atoms with E-state index in [9.17, 15) is 30.5 Å². The maximum atomic E-state index is 12.4. The number of aliphatic hydroxyl groups excluding tert-OH is 4. The number of nitriles is 1. The van der Waals surface area contributed by atoms with Crippen LogP contribution in [-0.4, -0.2) is 102 Å². The van der Waals surface area contributed by atoms with E-state index < -0.39 is 36.6 Å². The zero-order chi connectivity index (χ0) is 22.5. The molecule has 1 aromatic rings. The molecule has 0 spiro atoms. The monoisotopic (exact) mass is 432 g/mol. The lowest BCUT2D eigenvalue weighted by atomic mass is 9.99. The number of rotatable bonds is 5. The van der Waals surface area contributed by atoms with Crippen LogP contribution < -0.4 is 10.2 Å². The van der Waals surface area contributed by atoms with E-state index in [-0.39, 0.29) is 12.1 Å². The van der Waals surface area contributed by atoms with Gasteiger partial charge < -0.3 is 40.3 Å². The number of carbonyl (C=O) groups is 1. The van der Waals surface area contributed by atoms with E-state index in [4.69, 9.17) is 4.74 Å². The van der Waals surface area contributed by atoms with Crippen LogP contribution in [0.15, 0.2) is 29.8 Å². The van der Waals surface area contributed by atoms with E-state index in [1.54, 1.807) is 0 Å². The van der Waals surface area contributed by atoms with Gasteiger partial charge in [0.2, 0.25) is 0 Å². The third-order valence-electron chi connectivity index (χ3n) is 5.59. The first kappa shape index (κ1) is 23.1. The molecule has 5 atom stereocenters. The van der Waals surface area contributed by atoms with E-state index in [1.807, 2.05) is 30.3 Å². The summed E-state index contributed by atoms with van der Waals surface area (Å²) in [5.41, 5.74) is 1.63. The summed E-state index contributed by atoms with van der Waals surface area (Å²) in [6, 6.07) is 9.41. The van der Waals surface area contributed by atoms with Crippen molar-refractivity contribution in [2.45, 2.75) is 30.7 Å². The maximum absolute atomic E-state index is 12.4. The van der Waals surface area contributed by atoms with Crippen molar-refractivity contribution in [1.29, 1.82) is 5.26 Å². The van der Waals surface area contributed by atoms with Gasteiger partial charge in [-0.1, -0.05) is 12.1 Å². The quantitative estimate of drug-likeness (QED) is 0.270. The van der Waals surface area contributed by atoms with Gasteiger partial charge in [0.1, 0.15) is 36.1 Å². The number of hydrogen-bond acceptors (Lipinski definition) is 9. The predicted molar refractivity (Wildman–Crippen MR) is 112 cm³/mol. The molecule has 2 unspecified atom stereocenters. The van der Waals surface area contributed by atoms with Crippen LogP contribution in [0.3, 0.4) is 0 Å². The average molecular weight is 432 g/mol. The van der Waals surface area contributed by atoms with Gasteiger partial charge in [-0.25, -0.2) is 0 Å². The van der Waals surface area contributed by atoms with E-state index in [1.165, 1.54) is 6.08 Å². The second-order valence-corrected chi connectivity index (χ2v) is 7.80. The summed E-state index contributed by atoms with van der Waals surface area (Å²) >= 11 is 0. The molecule has 0 radical (unpaired) electrons. The predicted octanol–water partition coefficient (Wildman–Crippen LogP) is -1.74. The first-order valence-electron chi connectivity index (χ1n) is 10.1. The van der Waals surface area contributed by atoms with Gasteiger partial charge in [0.25, 0.3) is 5.91 Å². The molecule has 10 heteroatoms. The molecule has 0 saturated carbocycles. The van der Waals surface area contributed by atoms with Crippen molar-refractivity contribution >= 4 is 17.7 Å². The molecule has 0 aromatic heterocycles. The highest BCUT2D eigenvalue weighted by molar-refractivity contribution is 6.01. The molecule has 2 saturated heterocycles. The Labute approximate surface area is 180 Å². The molecule has 10 nitrogen and oxygen atoms in total. The maximum Gasteiger partial charge on any atom is 0.262 e. The van der Waals surface area contributed by atoms with Gasteiger partial charge >= 0.3 is 0 Å². The fourth-order valence-electron chi connectivity index (χ4n) is 3.55. The minimum absolute atomic E-state index is 0.140. The lowest BCUT2D eigenvalue weighted by Crippen LogP contribution is -2.60. The van der Waals surface area contributed by atoms with Crippen molar-refractivity contribution in [3.05, 3.63) is 35.4 Å². The Morgan fingerprint density at radius 3 is 2.39 bits per heavy atom. The van der Waals surface area contributed by atoms with Crippen LogP contribution in [0.1, 0.15) is 5.56 Å². The molecule has 2 aliphatic heterocycles. The SMILES string of the molecule is CN1CCN(c2ccc(/C=C(\C#N)C(=O)NCC3OC(O)[C@H](O)[C@@H](O)[C@@H]3O)cc2)CC1. The van der Waals surface area contributed by atoms with Crippen molar-refractivity contribution in [1.82, 2.24) is 10.2 Å². The highest BCUT2D eigenvalue weighted by Gasteiger charge is 2.42. The number of piperazine rings is 1. The minimum Gasteiger partial charge on any atom is -0.388 e. The summed E-state index contributed by atoms with van der Waals surface area (Å²) in [6.45, 7) is 3.60. The van der Waals surface area contributed by atoms with Crippen LogP contribution in [0.2, 0.25) is 0 Å². The van der Waals surface area contributed by atoms with Crippen LogP contribution in [0, 0.1) is 11.3 Å². The zero-order valence-electron chi connectivity index (χ0n) is 17.3. The van der Waals surface area contributed by atoms with Gasteiger partial charge in [0.15, 0.2) is 6.29 Å². The number of carbonyl (C=O) groups excluding carboxylic acids is 1. The molecule has 0 bridgehead atoms. The van der Waals surface area contributed by atoms with Gasteiger partial charge in [-0.3, -0.25) is 4.79 Å². The van der Waals surface area contributed by atoms with Gasteiger partial charge in [-0.15, -0.1) is 0 Å². The largest absolute Gasteiger partial charge is 0.388 e. The number of aliphatic hydroxyl groups is 4. The van der Waals surface area contributed by atoms with E-state index in [2.05, 4.69) is 22.2 Å². The first-order chi connectivity index (χ1) is 14.8. The first-order valence-corrected chi connectivity index (χ1v) is 10.1. The third-order valence-corrected chi connectivity index (χ3v) is 5.59. The smallest absolute Gasteiger partial charge is 0.262 e. The number of amides is 1. The molecule has 168 valence electrons. The molecule has 2 aliphatic rings. The molecule has 2 heterocycles. The number of anilines is 1. The molecule has 2 fully saturated rings. The molecule has 0 aliphatic carbocycles. The molecular weight excluding hydrogens is 404 g/mol. The summed E-state index contributed by atoms with van der Waals surface area (Å²) in [5.74, 6) is -0.684. The van der Waals surface area contributed by atoms with Gasteiger partial charge in [0, 0.05) is 38.4 Å². The standard InChI is InChI=1S/C21H28N4O6/c1-24-6-8-25(9-7-24)15-4-2-13(3-5-15)10-14(11-22)20(29)23-12-16-17(26)18(27)19(28)21(30)31-16/h2-5,10,16-19,21,26-28,30H,6-9,12H2,1H3,(H,23,29)/b14-10+/t16?,17-,18+,19-,21?/m1/s1. The number of nitrogens with one attached hydrogen (secondary N) is 1. The Hall–Kier alpha value is -2.52. The summed E-state index contributed by atoms with van der Waals surface area (Å²) < 4.78 is 5.01. The number of nitrogens with zero attached hydrogens (tertiary/aromatic N) is 3. The molecule has 1 aromatic carbocycles. The van der Waals surface area contributed by atoms with Crippen molar-refractivity contribution in [3.63, 3.8) is 0 Å². The van der Waals surface area contributed by atoms with Crippen LogP contribution in [0.25, 0.3) is 6.08 Å². The Balaban J connectivity index is 1.59. The van der Waals surface area contributed by atoms with Crippen LogP contribution >= 0.6 is 0 Å². The second kappa shape index (κ2) is 10.2. The number of ether oxygens (including phenoxy) is 1. The molecule has 31 heavy (non-hydrogen) atoms. The minimum atomic E-state index is -1.69. The summed E-state index contributed by atoms with van der Waals surface area (Å²) in [5, 5.41) is 50.5. The zero-order valence-corrected chi connectivity index (χ0v) is 17.3. The normalized spacial score (nSPS) is 30.0. The van der Waals surface area contributed by atoms with E-state index in [0.717, 1.165) is 31.9 Å². The van der Waals surface area contributed by atoms with Gasteiger partial charge in [-0.05, 0) is 30.8 Å². The van der Waals surface area contributed by atoms with Gasteiger partial charge in [-0.2, -0.15) is 5.26 Å². The Morgan fingerprint density at radius 2 is 1.77 bits per heavy atom. The van der Waals surface area contributed by atoms with E-state index in [0.29, 0.717) is 5.56 Å². The summed E-state index contributed by atoms with van der Waals surface area (Å²) in [6.07, 6.45) is -6.14. The Kier molecular flexibility index (Phi) is 7.61. The lowest BCUT2D eigenvalue weighted by molar-refractivity contribution is -0.280. The number of hydrogen-bond donors (Lipinski definition) is 5. The summed E-state index contributed by atoms with van der Waals surface area (Å²) in [7, 11) is 2.09. The number of benzene rings is 1. The average Bonchev–Trinajstić information content (AvgIpc) is 2.78. The molecule has 3 rings (SSSR count). The van der Waals surface area contributed by atoms with Crippen molar-refractivity contribution in [3.8, 4) is 6.07 Å².